The Labute approximate surface area is 186 Å². The summed E-state index contributed by atoms with van der Waals surface area (Å²) in [6.45, 7) is 6.10. The number of fused-ring (bicyclic) bond motifs is 1. The third-order valence-corrected chi connectivity index (χ3v) is 7.59. The Morgan fingerprint density at radius 3 is 2.35 bits per heavy atom. The quantitative estimate of drug-likeness (QED) is 0.581. The van der Waals surface area contributed by atoms with Crippen LogP contribution < -0.4 is 4.90 Å². The van der Waals surface area contributed by atoms with E-state index in [1.165, 1.54) is 12.1 Å². The van der Waals surface area contributed by atoms with Crippen LogP contribution in [-0.4, -0.2) is 56.0 Å². The van der Waals surface area contributed by atoms with Crippen molar-refractivity contribution in [1.29, 1.82) is 5.26 Å². The van der Waals surface area contributed by atoms with Gasteiger partial charge in [-0.05, 0) is 36.9 Å². The van der Waals surface area contributed by atoms with Crippen molar-refractivity contribution in [3.63, 3.8) is 0 Å². The Hall–Kier alpha value is -2.73. The van der Waals surface area contributed by atoms with Crippen LogP contribution >= 0.6 is 11.6 Å². The molecule has 0 bridgehead atoms. The molecular weight excluding hydrogens is 434 g/mol. The highest BCUT2D eigenvalue weighted by molar-refractivity contribution is 7.92. The van der Waals surface area contributed by atoms with Gasteiger partial charge in [0.2, 0.25) is 9.84 Å². The maximum Gasteiger partial charge on any atom is 0.200 e. The van der Waals surface area contributed by atoms with Gasteiger partial charge in [0.15, 0.2) is 11.1 Å². The Kier molecular flexibility index (Phi) is 6.10. The van der Waals surface area contributed by atoms with Crippen LogP contribution in [0.4, 0.5) is 5.82 Å². The molecule has 0 unspecified atom stereocenters. The van der Waals surface area contributed by atoms with Crippen molar-refractivity contribution in [2.75, 3.05) is 37.6 Å². The van der Waals surface area contributed by atoms with Crippen LogP contribution in [0, 0.1) is 11.3 Å². The topological polar surface area (TPSA) is 90.2 Å². The van der Waals surface area contributed by atoms with E-state index in [0.717, 1.165) is 19.6 Å². The molecule has 1 fully saturated rings. The molecule has 0 spiro atoms. The lowest BCUT2D eigenvalue weighted by Crippen LogP contribution is -2.47. The van der Waals surface area contributed by atoms with Crippen molar-refractivity contribution in [3.05, 3.63) is 59.2 Å². The van der Waals surface area contributed by atoms with E-state index in [2.05, 4.69) is 16.8 Å². The molecule has 1 atom stereocenters. The van der Waals surface area contributed by atoms with E-state index >= 15 is 0 Å². The number of aromatic nitrogens is 2. The molecule has 3 aromatic rings. The zero-order valence-electron chi connectivity index (χ0n) is 17.1. The maximum absolute atomic E-state index is 13.4. The van der Waals surface area contributed by atoms with E-state index in [9.17, 15) is 13.7 Å². The first-order valence-electron chi connectivity index (χ1n) is 10.1. The molecule has 7 nitrogen and oxygen atoms in total. The average molecular weight is 456 g/mol. The predicted octanol–water partition coefficient (Wildman–Crippen LogP) is 3.46. The van der Waals surface area contributed by atoms with E-state index in [0.29, 0.717) is 35.0 Å². The van der Waals surface area contributed by atoms with E-state index < -0.39 is 15.1 Å². The van der Waals surface area contributed by atoms with E-state index in [4.69, 9.17) is 16.6 Å². The Morgan fingerprint density at radius 2 is 1.74 bits per heavy atom. The summed E-state index contributed by atoms with van der Waals surface area (Å²) in [5.41, 5.74) is 1.37. The second-order valence-electron chi connectivity index (χ2n) is 7.35. The van der Waals surface area contributed by atoms with Crippen LogP contribution in [0.15, 0.2) is 53.4 Å². The zero-order valence-corrected chi connectivity index (χ0v) is 18.6. The number of likely N-dealkylation sites (N-methyl/N-ethyl adjacent to an activating group) is 1. The van der Waals surface area contributed by atoms with Crippen molar-refractivity contribution in [2.45, 2.75) is 17.1 Å². The summed E-state index contributed by atoms with van der Waals surface area (Å²) in [5, 5.41) is 8.76. The Morgan fingerprint density at radius 1 is 1.06 bits per heavy atom. The van der Waals surface area contributed by atoms with Gasteiger partial charge in [-0.15, -0.1) is 0 Å². The predicted molar refractivity (Wildman–Crippen MR) is 121 cm³/mol. The van der Waals surface area contributed by atoms with Crippen molar-refractivity contribution in [3.8, 4) is 6.07 Å². The maximum atomic E-state index is 13.4. The summed E-state index contributed by atoms with van der Waals surface area (Å²) in [7, 11) is -4.06. The number of benzene rings is 2. The van der Waals surface area contributed by atoms with Crippen molar-refractivity contribution < 1.29 is 8.42 Å². The number of hydrogen-bond acceptors (Lipinski definition) is 7. The molecule has 1 aliphatic heterocycles. The largest absolute Gasteiger partial charge is 0.352 e. The number of sulfone groups is 1. The highest BCUT2D eigenvalue weighted by Gasteiger charge is 2.35. The normalized spacial score (nSPS) is 16.2. The summed E-state index contributed by atoms with van der Waals surface area (Å²) < 4.78 is 26.8. The molecule has 0 N–H and O–H groups in total. The number of hydrogen-bond donors (Lipinski definition) is 0. The monoisotopic (exact) mass is 455 g/mol. The van der Waals surface area contributed by atoms with Crippen LogP contribution in [0.5, 0.6) is 0 Å². The van der Waals surface area contributed by atoms with Crippen LogP contribution in [0.25, 0.3) is 11.0 Å². The molecular formula is C22H22ClN5O2S. The van der Waals surface area contributed by atoms with Gasteiger partial charge in [-0.2, -0.15) is 5.26 Å². The van der Waals surface area contributed by atoms with Gasteiger partial charge in [-0.25, -0.2) is 18.4 Å². The van der Waals surface area contributed by atoms with E-state index in [1.54, 1.807) is 18.2 Å². The standard InChI is InChI=1S/C22H22ClN5O2S/c1-2-27-10-12-28(13-11-27)22-21(25-18-8-3-4-9-19(18)26-22)20(15-24)31(29,30)17-7-5-6-16(23)14-17/h3-9,14,20H,2,10-13H2,1H3/t20-/m1/s1. The van der Waals surface area contributed by atoms with E-state index in [1.807, 2.05) is 29.2 Å². The Balaban J connectivity index is 1.85. The fourth-order valence-electron chi connectivity index (χ4n) is 3.75. The lowest BCUT2D eigenvalue weighted by atomic mass is 10.2. The van der Waals surface area contributed by atoms with Gasteiger partial charge in [0.05, 0.1) is 22.0 Å². The first-order valence-corrected chi connectivity index (χ1v) is 12.0. The minimum atomic E-state index is -4.06. The summed E-state index contributed by atoms with van der Waals surface area (Å²) in [4.78, 5) is 13.7. The minimum Gasteiger partial charge on any atom is -0.352 e. The molecule has 1 saturated heterocycles. The minimum absolute atomic E-state index is 0.0109. The second kappa shape index (κ2) is 8.79. The Bertz CT molecular complexity index is 1250. The van der Waals surface area contributed by atoms with Crippen LogP contribution in [0.2, 0.25) is 5.02 Å². The molecule has 160 valence electrons. The summed E-state index contributed by atoms with van der Waals surface area (Å²) >= 11 is 6.02. The van der Waals surface area contributed by atoms with Gasteiger partial charge in [0.1, 0.15) is 5.69 Å². The first kappa shape index (κ1) is 21.5. The number of piperazine rings is 1. The van der Waals surface area contributed by atoms with E-state index in [-0.39, 0.29) is 10.6 Å². The van der Waals surface area contributed by atoms with Gasteiger partial charge in [0, 0.05) is 31.2 Å². The fourth-order valence-corrected chi connectivity index (χ4v) is 5.42. The molecule has 2 heterocycles. The smallest absolute Gasteiger partial charge is 0.200 e. The molecule has 1 aliphatic rings. The molecule has 31 heavy (non-hydrogen) atoms. The first-order chi connectivity index (χ1) is 14.9. The molecule has 0 aliphatic carbocycles. The van der Waals surface area contributed by atoms with Gasteiger partial charge < -0.3 is 9.80 Å². The molecule has 0 saturated carbocycles. The summed E-state index contributed by atoms with van der Waals surface area (Å²) in [6.07, 6.45) is 0. The van der Waals surface area contributed by atoms with Gasteiger partial charge >= 0.3 is 0 Å². The third kappa shape index (κ3) is 4.22. The molecule has 9 heteroatoms. The second-order valence-corrected chi connectivity index (χ2v) is 9.82. The number of rotatable bonds is 5. The molecule has 2 aromatic carbocycles. The van der Waals surface area contributed by atoms with Gasteiger partial charge in [-0.1, -0.05) is 36.7 Å². The van der Waals surface area contributed by atoms with Gasteiger partial charge in [0.25, 0.3) is 0 Å². The van der Waals surface area contributed by atoms with Gasteiger partial charge in [-0.3, -0.25) is 0 Å². The summed E-state index contributed by atoms with van der Waals surface area (Å²) in [5.74, 6) is 0.451. The van der Waals surface area contributed by atoms with Crippen LogP contribution in [0.1, 0.15) is 17.9 Å². The number of anilines is 1. The molecule has 1 aromatic heterocycles. The third-order valence-electron chi connectivity index (χ3n) is 5.50. The highest BCUT2D eigenvalue weighted by Crippen LogP contribution is 2.34. The van der Waals surface area contributed by atoms with Crippen molar-refractivity contribution in [1.82, 2.24) is 14.9 Å². The lowest BCUT2D eigenvalue weighted by Gasteiger charge is -2.35. The number of nitriles is 1. The number of nitrogens with zero attached hydrogens (tertiary/aromatic N) is 5. The van der Waals surface area contributed by atoms with Crippen molar-refractivity contribution in [2.24, 2.45) is 0 Å². The van der Waals surface area contributed by atoms with Crippen LogP contribution in [-0.2, 0) is 9.84 Å². The molecule has 0 amide bonds. The van der Waals surface area contributed by atoms with Crippen LogP contribution in [0.3, 0.4) is 0 Å². The average Bonchev–Trinajstić information content (AvgIpc) is 2.79. The SMILES string of the molecule is CCN1CCN(c2nc3ccccc3nc2[C@@H](C#N)S(=O)(=O)c2cccc(Cl)c2)CC1. The highest BCUT2D eigenvalue weighted by atomic mass is 35.5. The lowest BCUT2D eigenvalue weighted by molar-refractivity contribution is 0.270. The summed E-state index contributed by atoms with van der Waals surface area (Å²) in [6, 6.07) is 15.2. The zero-order chi connectivity index (χ0) is 22.0. The van der Waals surface area contributed by atoms with Crippen molar-refractivity contribution >= 4 is 38.3 Å². The number of halogens is 1. The molecule has 0 radical (unpaired) electrons. The number of para-hydroxylation sites is 2. The fraction of sp³-hybridized carbons (Fsp3) is 0.318. The molecule has 4 rings (SSSR count).